The highest BCUT2D eigenvalue weighted by Crippen LogP contribution is 2.24. The minimum Gasteiger partial charge on any atom is -0.304 e. The highest BCUT2D eigenvalue weighted by atomic mass is 15.1. The number of likely N-dealkylation sites (N-methyl/N-ethyl adjacent to an activating group) is 1. The van der Waals surface area contributed by atoms with Gasteiger partial charge in [0.1, 0.15) is 0 Å². The van der Waals surface area contributed by atoms with Gasteiger partial charge >= 0.3 is 0 Å². The lowest BCUT2D eigenvalue weighted by Gasteiger charge is -2.18. The summed E-state index contributed by atoms with van der Waals surface area (Å²) in [5, 5.41) is 1.25. The van der Waals surface area contributed by atoms with E-state index >= 15 is 0 Å². The molecule has 0 aliphatic carbocycles. The molecule has 3 nitrogen and oxygen atoms in total. The van der Waals surface area contributed by atoms with E-state index in [9.17, 15) is 0 Å². The molecule has 0 fully saturated rings. The maximum atomic E-state index is 4.80. The Morgan fingerprint density at radius 1 is 0.913 bits per heavy atom. The van der Waals surface area contributed by atoms with Gasteiger partial charge in [0.25, 0.3) is 0 Å². The van der Waals surface area contributed by atoms with E-state index in [1.54, 1.807) is 0 Å². The van der Waals surface area contributed by atoms with Gasteiger partial charge in [-0.3, -0.25) is 4.98 Å². The topological polar surface area (TPSA) is 29.0 Å². The summed E-state index contributed by atoms with van der Waals surface area (Å²) in [6, 6.07) is 16.6. The second-order valence-electron chi connectivity index (χ2n) is 5.68. The third-order valence-corrected chi connectivity index (χ3v) is 4.32. The molecular weight excluding hydrogens is 282 g/mol. The van der Waals surface area contributed by atoms with Gasteiger partial charge in [0.05, 0.1) is 16.9 Å². The predicted molar refractivity (Wildman–Crippen MR) is 96.5 cm³/mol. The molecule has 1 aromatic carbocycles. The fourth-order valence-electron chi connectivity index (χ4n) is 2.92. The molecule has 2 heterocycles. The van der Waals surface area contributed by atoms with Gasteiger partial charge in [-0.25, -0.2) is 4.98 Å². The number of pyridine rings is 2. The van der Waals surface area contributed by atoms with Gasteiger partial charge in [-0.2, -0.15) is 0 Å². The zero-order valence-electron chi connectivity index (χ0n) is 13.9. The Morgan fingerprint density at radius 2 is 1.70 bits per heavy atom. The van der Waals surface area contributed by atoms with Crippen LogP contribution in [0.1, 0.15) is 19.4 Å². The third kappa shape index (κ3) is 3.57. The third-order valence-electron chi connectivity index (χ3n) is 4.32. The molecule has 0 aliphatic rings. The summed E-state index contributed by atoms with van der Waals surface area (Å²) in [4.78, 5) is 11.7. The molecule has 23 heavy (non-hydrogen) atoms. The van der Waals surface area contributed by atoms with Crippen LogP contribution < -0.4 is 0 Å². The molecular formula is C20H23N3. The van der Waals surface area contributed by atoms with Crippen molar-refractivity contribution < 1.29 is 0 Å². The fourth-order valence-corrected chi connectivity index (χ4v) is 2.92. The van der Waals surface area contributed by atoms with Crippen LogP contribution in [0.25, 0.3) is 22.3 Å². The summed E-state index contributed by atoms with van der Waals surface area (Å²) in [5.74, 6) is 0. The lowest BCUT2D eigenvalue weighted by atomic mass is 10.0. The molecule has 3 heteroatoms. The molecule has 0 radical (unpaired) electrons. The first-order valence-electron chi connectivity index (χ1n) is 8.34. The molecule has 0 aliphatic heterocycles. The van der Waals surface area contributed by atoms with Crippen LogP contribution in [-0.4, -0.2) is 34.5 Å². The summed E-state index contributed by atoms with van der Waals surface area (Å²) in [6.45, 7) is 7.68. The van der Waals surface area contributed by atoms with E-state index in [1.807, 2.05) is 30.5 Å². The number of aromatic nitrogens is 2. The molecule has 0 saturated heterocycles. The van der Waals surface area contributed by atoms with Gasteiger partial charge < -0.3 is 4.90 Å². The van der Waals surface area contributed by atoms with Crippen molar-refractivity contribution in [2.24, 2.45) is 0 Å². The number of benzene rings is 1. The Balaban J connectivity index is 2.01. The van der Waals surface area contributed by atoms with Gasteiger partial charge in [0, 0.05) is 18.1 Å². The lowest BCUT2D eigenvalue weighted by molar-refractivity contribution is 0.308. The molecule has 3 rings (SSSR count). The zero-order valence-corrected chi connectivity index (χ0v) is 13.9. The first-order valence-corrected chi connectivity index (χ1v) is 8.34. The van der Waals surface area contributed by atoms with Crippen LogP contribution in [0.15, 0.2) is 54.7 Å². The summed E-state index contributed by atoms with van der Waals surface area (Å²) >= 11 is 0. The monoisotopic (exact) mass is 305 g/mol. The fraction of sp³-hybridized carbons (Fsp3) is 0.300. The van der Waals surface area contributed by atoms with Crippen molar-refractivity contribution in [2.45, 2.75) is 20.3 Å². The molecule has 0 spiro atoms. The minimum atomic E-state index is 0.933. The van der Waals surface area contributed by atoms with Gasteiger partial charge in [-0.1, -0.05) is 38.1 Å². The number of hydrogen-bond acceptors (Lipinski definition) is 3. The molecule has 0 amide bonds. The van der Waals surface area contributed by atoms with Crippen LogP contribution in [0.4, 0.5) is 0 Å². The molecule has 0 N–H and O–H groups in total. The van der Waals surface area contributed by atoms with E-state index in [0.29, 0.717) is 0 Å². The summed E-state index contributed by atoms with van der Waals surface area (Å²) < 4.78 is 0. The van der Waals surface area contributed by atoms with Crippen molar-refractivity contribution in [3.63, 3.8) is 0 Å². The van der Waals surface area contributed by atoms with E-state index in [-0.39, 0.29) is 0 Å². The van der Waals surface area contributed by atoms with E-state index in [4.69, 9.17) is 4.98 Å². The Morgan fingerprint density at radius 3 is 2.43 bits per heavy atom. The van der Waals surface area contributed by atoms with E-state index in [0.717, 1.165) is 43.0 Å². The largest absolute Gasteiger partial charge is 0.304 e. The van der Waals surface area contributed by atoms with Crippen LogP contribution in [0.2, 0.25) is 0 Å². The summed E-state index contributed by atoms with van der Waals surface area (Å²) in [7, 11) is 0. The molecule has 3 aromatic rings. The zero-order chi connectivity index (χ0) is 16.1. The van der Waals surface area contributed by atoms with Crippen molar-refractivity contribution in [2.75, 3.05) is 19.6 Å². The number of hydrogen-bond donors (Lipinski definition) is 0. The highest BCUT2D eigenvalue weighted by molar-refractivity contribution is 5.84. The van der Waals surface area contributed by atoms with Crippen LogP contribution >= 0.6 is 0 Å². The van der Waals surface area contributed by atoms with Gasteiger partial charge in [0.15, 0.2) is 0 Å². The Hall–Kier alpha value is -2.26. The van der Waals surface area contributed by atoms with Gasteiger partial charge in [-0.05, 0) is 49.3 Å². The summed E-state index contributed by atoms with van der Waals surface area (Å²) in [5.41, 5.74) is 4.29. The van der Waals surface area contributed by atoms with Crippen molar-refractivity contribution in [3.05, 3.63) is 60.3 Å². The molecule has 0 unspecified atom stereocenters. The summed E-state index contributed by atoms with van der Waals surface area (Å²) in [6.07, 6.45) is 2.85. The quantitative estimate of drug-likeness (QED) is 0.684. The maximum Gasteiger partial charge on any atom is 0.0896 e. The average molecular weight is 305 g/mol. The van der Waals surface area contributed by atoms with Crippen molar-refractivity contribution in [3.8, 4) is 11.4 Å². The van der Waals surface area contributed by atoms with E-state index < -0.39 is 0 Å². The molecule has 0 atom stereocenters. The van der Waals surface area contributed by atoms with E-state index in [1.165, 1.54) is 10.9 Å². The Bertz CT molecular complexity index is 764. The van der Waals surface area contributed by atoms with E-state index in [2.05, 4.69) is 48.0 Å². The molecule has 2 aromatic heterocycles. The SMILES string of the molecule is CCN(CC)CCc1cc(-c2ccccn2)nc2ccccc12. The van der Waals surface area contributed by atoms with Crippen LogP contribution in [0.5, 0.6) is 0 Å². The number of rotatable bonds is 6. The molecule has 118 valence electrons. The van der Waals surface area contributed by atoms with Crippen molar-refractivity contribution >= 4 is 10.9 Å². The van der Waals surface area contributed by atoms with Crippen LogP contribution in [0.3, 0.4) is 0 Å². The lowest BCUT2D eigenvalue weighted by Crippen LogP contribution is -2.25. The van der Waals surface area contributed by atoms with Gasteiger partial charge in [0.2, 0.25) is 0 Å². The van der Waals surface area contributed by atoms with Crippen LogP contribution in [0, 0.1) is 0 Å². The van der Waals surface area contributed by atoms with Crippen molar-refractivity contribution in [1.29, 1.82) is 0 Å². The smallest absolute Gasteiger partial charge is 0.0896 e. The second-order valence-corrected chi connectivity index (χ2v) is 5.68. The first-order chi connectivity index (χ1) is 11.3. The highest BCUT2D eigenvalue weighted by Gasteiger charge is 2.09. The first kappa shape index (κ1) is 15.6. The normalized spacial score (nSPS) is 11.3. The minimum absolute atomic E-state index is 0.933. The van der Waals surface area contributed by atoms with Crippen LogP contribution in [-0.2, 0) is 6.42 Å². The van der Waals surface area contributed by atoms with Crippen molar-refractivity contribution in [1.82, 2.24) is 14.9 Å². The Kier molecular flexibility index (Phi) is 4.99. The predicted octanol–water partition coefficient (Wildman–Crippen LogP) is 4.18. The Labute approximate surface area is 138 Å². The number of nitrogens with zero attached hydrogens (tertiary/aromatic N) is 3. The van der Waals surface area contributed by atoms with Gasteiger partial charge in [-0.15, -0.1) is 0 Å². The molecule has 0 saturated carbocycles. The average Bonchev–Trinajstić information content (AvgIpc) is 2.63. The standard InChI is InChI=1S/C20H23N3/c1-3-23(4-2)14-12-16-15-20(19-11-7-8-13-21-19)22-18-10-6-5-9-17(16)18/h5-11,13,15H,3-4,12,14H2,1-2H3. The number of fused-ring (bicyclic) bond motifs is 1. The second kappa shape index (κ2) is 7.34. The molecule has 0 bridgehead atoms. The number of para-hydroxylation sites is 1. The maximum absolute atomic E-state index is 4.80.